The molecule has 118 valence electrons. The summed E-state index contributed by atoms with van der Waals surface area (Å²) in [5.41, 5.74) is 0.925. The first-order chi connectivity index (χ1) is 11.0. The largest absolute Gasteiger partial charge is 0.450 e. The Morgan fingerprint density at radius 3 is 2.91 bits per heavy atom. The lowest BCUT2D eigenvalue weighted by Crippen LogP contribution is -2.32. The van der Waals surface area contributed by atoms with Gasteiger partial charge in [-0.2, -0.15) is 5.26 Å². The molecule has 2 aromatic rings. The Labute approximate surface area is 132 Å². The lowest BCUT2D eigenvalue weighted by Gasteiger charge is -2.24. The number of nitriles is 1. The molecule has 1 N–H and O–H groups in total. The Balaban J connectivity index is 1.94. The van der Waals surface area contributed by atoms with E-state index in [1.807, 2.05) is 6.07 Å². The molecule has 0 aliphatic carbocycles. The quantitative estimate of drug-likeness (QED) is 0.924. The van der Waals surface area contributed by atoms with Crippen molar-refractivity contribution in [1.82, 2.24) is 4.90 Å². The molecule has 2 atom stereocenters. The number of carbonyl (C=O) groups excluding carboxylic acids is 1. The molecule has 1 aromatic heterocycles. The van der Waals surface area contributed by atoms with Gasteiger partial charge in [0.15, 0.2) is 0 Å². The molecular formula is C17H15FN2O3. The van der Waals surface area contributed by atoms with Gasteiger partial charge in [0.25, 0.3) is 5.91 Å². The van der Waals surface area contributed by atoms with Crippen molar-refractivity contribution in [2.45, 2.75) is 25.5 Å². The summed E-state index contributed by atoms with van der Waals surface area (Å²) >= 11 is 0. The minimum atomic E-state index is -0.671. The number of aryl methyl sites for hydroxylation is 1. The van der Waals surface area contributed by atoms with E-state index in [0.717, 1.165) is 0 Å². The summed E-state index contributed by atoms with van der Waals surface area (Å²) < 4.78 is 18.7. The second-order valence-corrected chi connectivity index (χ2v) is 5.61. The van der Waals surface area contributed by atoms with E-state index in [4.69, 9.17) is 9.68 Å². The summed E-state index contributed by atoms with van der Waals surface area (Å²) in [7, 11) is 0. The summed E-state index contributed by atoms with van der Waals surface area (Å²) in [5, 5.41) is 18.8. The number of furan rings is 1. The Kier molecular flexibility index (Phi) is 3.89. The van der Waals surface area contributed by atoms with Crippen molar-refractivity contribution in [1.29, 1.82) is 5.26 Å². The van der Waals surface area contributed by atoms with E-state index >= 15 is 0 Å². The van der Waals surface area contributed by atoms with Crippen LogP contribution in [-0.2, 0) is 0 Å². The number of benzene rings is 1. The molecule has 0 saturated carbocycles. The lowest BCUT2D eigenvalue weighted by atomic mass is 10.0. The molecule has 1 aromatic carbocycles. The zero-order valence-corrected chi connectivity index (χ0v) is 12.5. The van der Waals surface area contributed by atoms with E-state index in [0.29, 0.717) is 17.7 Å². The third-order valence-corrected chi connectivity index (χ3v) is 4.03. The van der Waals surface area contributed by atoms with E-state index < -0.39 is 12.1 Å². The number of β-amino-alcohol motifs (C(OH)–C–C–N with tert-alkyl or cyclic N) is 1. The fourth-order valence-electron chi connectivity index (χ4n) is 2.97. The van der Waals surface area contributed by atoms with Crippen molar-refractivity contribution >= 4 is 5.91 Å². The summed E-state index contributed by atoms with van der Waals surface area (Å²) in [6.45, 7) is 1.77. The number of aliphatic hydroxyl groups is 1. The minimum Gasteiger partial charge on any atom is -0.450 e. The van der Waals surface area contributed by atoms with Crippen LogP contribution in [0.3, 0.4) is 0 Å². The molecule has 5 nitrogen and oxygen atoms in total. The first kappa shape index (κ1) is 15.3. The Hall–Kier alpha value is -2.65. The molecule has 0 radical (unpaired) electrons. The van der Waals surface area contributed by atoms with E-state index in [9.17, 15) is 14.3 Å². The maximum Gasteiger partial charge on any atom is 0.258 e. The van der Waals surface area contributed by atoms with Gasteiger partial charge in [-0.3, -0.25) is 4.79 Å². The Morgan fingerprint density at radius 2 is 2.26 bits per heavy atom. The van der Waals surface area contributed by atoms with Crippen molar-refractivity contribution in [3.63, 3.8) is 0 Å². The summed E-state index contributed by atoms with van der Waals surface area (Å²) in [4.78, 5) is 14.3. The van der Waals surface area contributed by atoms with E-state index in [-0.39, 0.29) is 29.6 Å². The first-order valence-electron chi connectivity index (χ1n) is 7.24. The number of carbonyl (C=O) groups is 1. The number of hydrogen-bond donors (Lipinski definition) is 1. The first-order valence-corrected chi connectivity index (χ1v) is 7.24. The number of halogens is 1. The zero-order valence-electron chi connectivity index (χ0n) is 12.5. The van der Waals surface area contributed by atoms with Crippen LogP contribution >= 0.6 is 0 Å². The summed E-state index contributed by atoms with van der Waals surface area (Å²) in [6, 6.07) is 8.85. The highest BCUT2D eigenvalue weighted by Crippen LogP contribution is 2.34. The average Bonchev–Trinajstić information content (AvgIpc) is 3.09. The van der Waals surface area contributed by atoms with E-state index in [1.54, 1.807) is 19.1 Å². The van der Waals surface area contributed by atoms with Crippen molar-refractivity contribution in [2.75, 3.05) is 6.54 Å². The van der Waals surface area contributed by atoms with Crippen LogP contribution in [-0.4, -0.2) is 28.6 Å². The fraction of sp³-hybridized carbons (Fsp3) is 0.294. The third kappa shape index (κ3) is 2.83. The van der Waals surface area contributed by atoms with Crippen LogP contribution in [0.2, 0.25) is 0 Å². The van der Waals surface area contributed by atoms with Gasteiger partial charge in [-0.1, -0.05) is 12.1 Å². The molecule has 23 heavy (non-hydrogen) atoms. The molecule has 1 aliphatic heterocycles. The second kappa shape index (κ2) is 5.86. The van der Waals surface area contributed by atoms with Crippen LogP contribution in [0.5, 0.6) is 0 Å². The Bertz CT molecular complexity index is 793. The molecule has 0 unspecified atom stereocenters. The third-order valence-electron chi connectivity index (χ3n) is 4.03. The van der Waals surface area contributed by atoms with Crippen LogP contribution in [0.15, 0.2) is 34.7 Å². The average molecular weight is 314 g/mol. The Morgan fingerprint density at radius 1 is 1.48 bits per heavy atom. The molecular weight excluding hydrogens is 299 g/mol. The van der Waals surface area contributed by atoms with Crippen LogP contribution in [0.4, 0.5) is 4.39 Å². The number of amides is 1. The monoisotopic (exact) mass is 314 g/mol. The molecule has 1 saturated heterocycles. The van der Waals surface area contributed by atoms with Crippen LogP contribution in [0.1, 0.15) is 39.9 Å². The fourth-order valence-corrected chi connectivity index (χ4v) is 2.97. The van der Waals surface area contributed by atoms with Crippen LogP contribution < -0.4 is 0 Å². The predicted molar refractivity (Wildman–Crippen MR) is 79.0 cm³/mol. The number of nitrogens with zero attached hydrogens (tertiary/aromatic N) is 2. The lowest BCUT2D eigenvalue weighted by molar-refractivity contribution is 0.0714. The SMILES string of the molecule is Cc1oc(C#N)cc1C(=O)N1C[C@H](O)C[C@@H]1c1cccc(F)c1. The van der Waals surface area contributed by atoms with Gasteiger partial charge in [0, 0.05) is 12.6 Å². The minimum absolute atomic E-state index is 0.0629. The van der Waals surface area contributed by atoms with Crippen molar-refractivity contribution in [3.05, 3.63) is 58.8 Å². The highest BCUT2D eigenvalue weighted by atomic mass is 19.1. The molecule has 0 spiro atoms. The zero-order chi connectivity index (χ0) is 16.6. The van der Waals surface area contributed by atoms with E-state index in [1.165, 1.54) is 23.1 Å². The van der Waals surface area contributed by atoms with Gasteiger partial charge >= 0.3 is 0 Å². The molecule has 1 aliphatic rings. The number of hydrogen-bond acceptors (Lipinski definition) is 4. The number of aliphatic hydroxyl groups excluding tert-OH is 1. The van der Waals surface area contributed by atoms with Gasteiger partial charge in [0.2, 0.25) is 5.76 Å². The smallest absolute Gasteiger partial charge is 0.258 e. The maximum absolute atomic E-state index is 13.5. The van der Waals surface area contributed by atoms with Gasteiger partial charge < -0.3 is 14.4 Å². The van der Waals surface area contributed by atoms with E-state index in [2.05, 4.69) is 0 Å². The van der Waals surface area contributed by atoms with Gasteiger partial charge in [-0.15, -0.1) is 0 Å². The van der Waals surface area contributed by atoms with Crippen molar-refractivity contribution in [2.24, 2.45) is 0 Å². The van der Waals surface area contributed by atoms with Crippen LogP contribution in [0.25, 0.3) is 0 Å². The van der Waals surface area contributed by atoms with Crippen molar-refractivity contribution < 1.29 is 18.7 Å². The molecule has 1 fully saturated rings. The predicted octanol–water partition coefficient (Wildman–Crippen LogP) is 2.55. The normalized spacial score (nSPS) is 20.5. The van der Waals surface area contributed by atoms with Gasteiger partial charge in [0.05, 0.1) is 17.7 Å². The highest BCUT2D eigenvalue weighted by Gasteiger charge is 2.37. The maximum atomic E-state index is 13.5. The highest BCUT2D eigenvalue weighted by molar-refractivity contribution is 5.96. The van der Waals surface area contributed by atoms with Crippen molar-refractivity contribution in [3.8, 4) is 6.07 Å². The summed E-state index contributed by atoms with van der Waals surface area (Å²) in [6.07, 6.45) is -0.327. The van der Waals surface area contributed by atoms with Gasteiger partial charge in [-0.05, 0) is 31.0 Å². The number of rotatable bonds is 2. The van der Waals surface area contributed by atoms with Gasteiger partial charge in [-0.25, -0.2) is 4.39 Å². The standard InChI is InChI=1S/C17H15FN2O3/c1-10-15(7-14(8-19)23-10)17(22)20-9-13(21)6-16(20)11-3-2-4-12(18)5-11/h2-5,7,13,16,21H,6,9H2,1H3/t13-,16-/m1/s1. The second-order valence-electron chi connectivity index (χ2n) is 5.61. The molecule has 3 rings (SSSR count). The molecule has 6 heteroatoms. The topological polar surface area (TPSA) is 77.5 Å². The van der Waals surface area contributed by atoms with Crippen LogP contribution in [0, 0.1) is 24.1 Å². The number of likely N-dealkylation sites (tertiary alicyclic amines) is 1. The molecule has 1 amide bonds. The molecule has 2 heterocycles. The summed E-state index contributed by atoms with van der Waals surface area (Å²) in [5.74, 6) is -0.306. The molecule has 0 bridgehead atoms. The van der Waals surface area contributed by atoms with Gasteiger partial charge in [0.1, 0.15) is 17.6 Å².